The van der Waals surface area contributed by atoms with Crippen molar-refractivity contribution in [3.63, 3.8) is 0 Å². The third-order valence-electron chi connectivity index (χ3n) is 4.52. The van der Waals surface area contributed by atoms with E-state index in [1.807, 2.05) is 72.7 Å². The molecule has 0 atom stereocenters. The largest absolute Gasteiger partial charge is 0.335 e. The first-order valence-corrected chi connectivity index (χ1v) is 10.4. The van der Waals surface area contributed by atoms with Gasteiger partial charge in [-0.2, -0.15) is 0 Å². The van der Waals surface area contributed by atoms with Gasteiger partial charge < -0.3 is 4.90 Å². The predicted molar refractivity (Wildman–Crippen MR) is 114 cm³/mol. The van der Waals surface area contributed by atoms with Gasteiger partial charge in [0.2, 0.25) is 5.91 Å². The average molecular weight is 395 g/mol. The maximum atomic E-state index is 12.9. The molecule has 2 aromatic carbocycles. The van der Waals surface area contributed by atoms with E-state index in [1.165, 1.54) is 17.3 Å². The van der Waals surface area contributed by atoms with Crippen molar-refractivity contribution in [3.8, 4) is 5.69 Å². The molecule has 0 saturated heterocycles. The van der Waals surface area contributed by atoms with Gasteiger partial charge in [-0.15, -0.1) is 10.2 Å². The molecule has 146 valence electrons. The number of hydrogen-bond acceptors (Lipinski definition) is 4. The lowest BCUT2D eigenvalue weighted by atomic mass is 10.2. The molecule has 1 amide bonds. The Kier molecular flexibility index (Phi) is 6.52. The highest BCUT2D eigenvalue weighted by molar-refractivity contribution is 7.99. The van der Waals surface area contributed by atoms with Gasteiger partial charge in [-0.3, -0.25) is 9.36 Å². The zero-order valence-corrected chi connectivity index (χ0v) is 17.6. The van der Waals surface area contributed by atoms with Gasteiger partial charge in [0.1, 0.15) is 5.82 Å². The van der Waals surface area contributed by atoms with E-state index in [9.17, 15) is 4.79 Å². The summed E-state index contributed by atoms with van der Waals surface area (Å²) >= 11 is 1.43. The van der Waals surface area contributed by atoms with Crippen molar-refractivity contribution in [2.24, 2.45) is 0 Å². The molecule has 3 rings (SSSR count). The highest BCUT2D eigenvalue weighted by atomic mass is 32.2. The maximum Gasteiger partial charge on any atom is 0.233 e. The van der Waals surface area contributed by atoms with Crippen LogP contribution in [0.2, 0.25) is 0 Å². The Bertz CT molecular complexity index is 937. The Morgan fingerprint density at radius 1 is 1.07 bits per heavy atom. The van der Waals surface area contributed by atoms with Crippen LogP contribution in [-0.2, 0) is 11.3 Å². The quantitative estimate of drug-likeness (QED) is 0.557. The van der Waals surface area contributed by atoms with Crippen molar-refractivity contribution in [3.05, 3.63) is 71.5 Å². The first kappa shape index (κ1) is 20.1. The third-order valence-corrected chi connectivity index (χ3v) is 5.43. The lowest BCUT2D eigenvalue weighted by Gasteiger charge is -2.26. The summed E-state index contributed by atoms with van der Waals surface area (Å²) in [6.45, 7) is 8.69. The smallest absolute Gasteiger partial charge is 0.233 e. The minimum Gasteiger partial charge on any atom is -0.335 e. The fraction of sp³-hybridized carbons (Fsp3) is 0.318. The molecule has 0 fully saturated rings. The van der Waals surface area contributed by atoms with E-state index in [0.717, 1.165) is 22.2 Å². The predicted octanol–water partition coefficient (Wildman–Crippen LogP) is 4.41. The van der Waals surface area contributed by atoms with Crippen LogP contribution >= 0.6 is 11.8 Å². The summed E-state index contributed by atoms with van der Waals surface area (Å²) in [7, 11) is 0. The lowest BCUT2D eigenvalue weighted by Crippen LogP contribution is -2.37. The molecule has 6 heteroatoms. The Labute approximate surface area is 170 Å². The molecule has 0 aliphatic heterocycles. The van der Waals surface area contributed by atoms with Crippen LogP contribution in [0.1, 0.15) is 30.8 Å². The number of carbonyl (C=O) groups is 1. The van der Waals surface area contributed by atoms with Crippen molar-refractivity contribution < 1.29 is 4.79 Å². The molecule has 5 nitrogen and oxygen atoms in total. The number of aryl methyl sites for hydroxylation is 2. The SMILES string of the molecule is Cc1cccc(-n2c(C)nnc2SCC(=O)N(Cc2ccccc2)C(C)C)c1. The second-order valence-corrected chi connectivity index (χ2v) is 8.04. The van der Waals surface area contributed by atoms with E-state index in [4.69, 9.17) is 0 Å². The Hall–Kier alpha value is -2.60. The molecule has 0 spiro atoms. The van der Waals surface area contributed by atoms with Crippen LogP contribution in [-0.4, -0.2) is 37.4 Å². The molecule has 3 aromatic rings. The number of amides is 1. The number of aromatic nitrogens is 3. The second-order valence-electron chi connectivity index (χ2n) is 7.09. The summed E-state index contributed by atoms with van der Waals surface area (Å²) in [5.41, 5.74) is 3.32. The van der Waals surface area contributed by atoms with Crippen LogP contribution in [0, 0.1) is 13.8 Å². The number of benzene rings is 2. The summed E-state index contributed by atoms with van der Waals surface area (Å²) in [5.74, 6) is 1.24. The zero-order valence-electron chi connectivity index (χ0n) is 16.8. The molecule has 1 heterocycles. The number of nitrogens with zero attached hydrogens (tertiary/aromatic N) is 4. The molecule has 0 saturated carbocycles. The number of hydrogen-bond donors (Lipinski definition) is 0. The summed E-state index contributed by atoms with van der Waals surface area (Å²) in [5, 5.41) is 9.24. The van der Waals surface area contributed by atoms with Crippen molar-refractivity contribution in [1.29, 1.82) is 0 Å². The van der Waals surface area contributed by atoms with Gasteiger partial charge in [-0.25, -0.2) is 0 Å². The number of carbonyl (C=O) groups excluding carboxylic acids is 1. The summed E-state index contributed by atoms with van der Waals surface area (Å²) in [6.07, 6.45) is 0. The fourth-order valence-corrected chi connectivity index (χ4v) is 3.93. The van der Waals surface area contributed by atoms with Gasteiger partial charge in [-0.1, -0.05) is 54.2 Å². The van der Waals surface area contributed by atoms with Crippen LogP contribution in [0.3, 0.4) is 0 Å². The Morgan fingerprint density at radius 2 is 1.82 bits per heavy atom. The lowest BCUT2D eigenvalue weighted by molar-refractivity contribution is -0.130. The molecule has 0 N–H and O–H groups in total. The van der Waals surface area contributed by atoms with E-state index in [1.54, 1.807) is 0 Å². The normalized spacial score (nSPS) is 11.0. The third kappa shape index (κ3) is 4.81. The van der Waals surface area contributed by atoms with Crippen molar-refractivity contribution in [2.75, 3.05) is 5.75 Å². The molecular formula is C22H26N4OS. The van der Waals surface area contributed by atoms with E-state index in [-0.39, 0.29) is 11.9 Å². The Morgan fingerprint density at radius 3 is 2.50 bits per heavy atom. The van der Waals surface area contributed by atoms with Crippen LogP contribution in [0.4, 0.5) is 0 Å². The van der Waals surface area contributed by atoms with Gasteiger partial charge in [0, 0.05) is 18.3 Å². The first-order chi connectivity index (χ1) is 13.5. The summed E-state index contributed by atoms with van der Waals surface area (Å²) in [6, 6.07) is 18.4. The number of thioether (sulfide) groups is 1. The van der Waals surface area contributed by atoms with Crippen molar-refractivity contribution in [1.82, 2.24) is 19.7 Å². The molecule has 0 unspecified atom stereocenters. The van der Waals surface area contributed by atoms with Crippen molar-refractivity contribution >= 4 is 17.7 Å². The molecule has 0 aliphatic rings. The van der Waals surface area contributed by atoms with E-state index in [0.29, 0.717) is 12.3 Å². The average Bonchev–Trinajstić information content (AvgIpc) is 3.05. The highest BCUT2D eigenvalue weighted by Gasteiger charge is 2.20. The van der Waals surface area contributed by atoms with Crippen LogP contribution in [0.25, 0.3) is 5.69 Å². The summed E-state index contributed by atoms with van der Waals surface area (Å²) in [4.78, 5) is 14.8. The van der Waals surface area contributed by atoms with Crippen molar-refractivity contribution in [2.45, 2.75) is 45.4 Å². The molecule has 0 aliphatic carbocycles. The molecule has 28 heavy (non-hydrogen) atoms. The van der Waals surface area contributed by atoms with Crippen LogP contribution in [0.15, 0.2) is 59.8 Å². The fourth-order valence-electron chi connectivity index (χ4n) is 3.05. The molecule has 0 radical (unpaired) electrons. The minimum absolute atomic E-state index is 0.0975. The van der Waals surface area contributed by atoms with Gasteiger partial charge in [0.05, 0.1) is 5.75 Å². The molecule has 1 aromatic heterocycles. The first-order valence-electron chi connectivity index (χ1n) is 9.41. The van der Waals surface area contributed by atoms with Gasteiger partial charge >= 0.3 is 0 Å². The zero-order chi connectivity index (χ0) is 20.1. The van der Waals surface area contributed by atoms with E-state index in [2.05, 4.69) is 29.3 Å². The molecular weight excluding hydrogens is 368 g/mol. The summed E-state index contributed by atoms with van der Waals surface area (Å²) < 4.78 is 2.00. The minimum atomic E-state index is 0.0975. The standard InChI is InChI=1S/C22H26N4OS/c1-16(2)25(14-19-10-6-5-7-11-19)21(27)15-28-22-24-23-18(4)26(22)20-12-8-9-17(3)13-20/h5-13,16H,14-15H2,1-4H3. The molecule has 0 bridgehead atoms. The topological polar surface area (TPSA) is 51.0 Å². The van der Waals surface area contributed by atoms with Crippen LogP contribution < -0.4 is 0 Å². The van der Waals surface area contributed by atoms with E-state index >= 15 is 0 Å². The van der Waals surface area contributed by atoms with Gasteiger partial charge in [-0.05, 0) is 51.0 Å². The Balaban J connectivity index is 1.73. The van der Waals surface area contributed by atoms with Crippen LogP contribution in [0.5, 0.6) is 0 Å². The van der Waals surface area contributed by atoms with Gasteiger partial charge in [0.25, 0.3) is 0 Å². The number of rotatable bonds is 7. The maximum absolute atomic E-state index is 12.9. The van der Waals surface area contributed by atoms with Gasteiger partial charge in [0.15, 0.2) is 5.16 Å². The van der Waals surface area contributed by atoms with E-state index < -0.39 is 0 Å². The monoisotopic (exact) mass is 394 g/mol. The highest BCUT2D eigenvalue weighted by Crippen LogP contribution is 2.23. The second kappa shape index (κ2) is 9.06.